The zero-order chi connectivity index (χ0) is 12.3. The SMILES string of the molecule is Cc1cc(O)c(C2CCCCCCC2)cc1C. The molecule has 0 saturated heterocycles. The minimum absolute atomic E-state index is 0.513. The number of aromatic hydroxyl groups is 1. The van der Waals surface area contributed by atoms with E-state index in [9.17, 15) is 5.11 Å². The molecular formula is C16H24O. The van der Waals surface area contributed by atoms with Gasteiger partial charge in [-0.2, -0.15) is 0 Å². The van der Waals surface area contributed by atoms with Crippen LogP contribution in [0.2, 0.25) is 0 Å². The topological polar surface area (TPSA) is 20.2 Å². The quantitative estimate of drug-likeness (QED) is 0.734. The molecule has 0 spiro atoms. The molecule has 0 atom stereocenters. The number of phenols is 1. The van der Waals surface area contributed by atoms with Crippen LogP contribution in [-0.4, -0.2) is 5.11 Å². The highest BCUT2D eigenvalue weighted by Crippen LogP contribution is 2.36. The maximum absolute atomic E-state index is 10.1. The van der Waals surface area contributed by atoms with Gasteiger partial charge in [0.05, 0.1) is 0 Å². The summed E-state index contributed by atoms with van der Waals surface area (Å²) < 4.78 is 0. The van der Waals surface area contributed by atoms with Crippen molar-refractivity contribution in [2.24, 2.45) is 0 Å². The van der Waals surface area contributed by atoms with E-state index in [0.29, 0.717) is 11.7 Å². The Balaban J connectivity index is 2.21. The third-order valence-electron chi connectivity index (χ3n) is 4.19. The van der Waals surface area contributed by atoms with E-state index in [0.717, 1.165) is 0 Å². The van der Waals surface area contributed by atoms with Crippen molar-refractivity contribution >= 4 is 0 Å². The molecule has 0 aromatic heterocycles. The van der Waals surface area contributed by atoms with E-state index in [1.807, 2.05) is 6.07 Å². The molecule has 1 heteroatoms. The first-order valence-corrected chi connectivity index (χ1v) is 6.98. The Kier molecular flexibility index (Phi) is 4.09. The van der Waals surface area contributed by atoms with Gasteiger partial charge >= 0.3 is 0 Å². The Morgan fingerprint density at radius 2 is 1.41 bits per heavy atom. The van der Waals surface area contributed by atoms with E-state index in [1.165, 1.54) is 61.6 Å². The number of hydrogen-bond acceptors (Lipinski definition) is 1. The summed E-state index contributed by atoms with van der Waals surface area (Å²) in [5.41, 5.74) is 3.69. The molecule has 1 saturated carbocycles. The predicted molar refractivity (Wildman–Crippen MR) is 72.6 cm³/mol. The zero-order valence-electron chi connectivity index (χ0n) is 11.1. The van der Waals surface area contributed by atoms with E-state index in [2.05, 4.69) is 19.9 Å². The van der Waals surface area contributed by atoms with E-state index < -0.39 is 0 Å². The normalized spacial score (nSPS) is 18.7. The number of aryl methyl sites for hydroxylation is 2. The number of rotatable bonds is 1. The minimum atomic E-state index is 0.513. The molecule has 1 aromatic carbocycles. The molecule has 0 amide bonds. The van der Waals surface area contributed by atoms with Crippen LogP contribution < -0.4 is 0 Å². The summed E-state index contributed by atoms with van der Waals surface area (Å²) in [6, 6.07) is 4.14. The number of benzene rings is 1. The third-order valence-corrected chi connectivity index (χ3v) is 4.19. The molecule has 1 aliphatic carbocycles. The molecule has 1 nitrogen and oxygen atoms in total. The lowest BCUT2D eigenvalue weighted by Gasteiger charge is -2.22. The second kappa shape index (κ2) is 5.57. The first-order chi connectivity index (χ1) is 8.18. The molecule has 1 N–H and O–H groups in total. The molecule has 0 radical (unpaired) electrons. The Morgan fingerprint density at radius 1 is 0.882 bits per heavy atom. The van der Waals surface area contributed by atoms with E-state index in [-0.39, 0.29) is 0 Å². The van der Waals surface area contributed by atoms with Crippen molar-refractivity contribution in [3.63, 3.8) is 0 Å². The van der Waals surface area contributed by atoms with Crippen LogP contribution in [0.4, 0.5) is 0 Å². The average molecular weight is 232 g/mol. The van der Waals surface area contributed by atoms with Gasteiger partial charge in [0.2, 0.25) is 0 Å². The smallest absolute Gasteiger partial charge is 0.119 e. The minimum Gasteiger partial charge on any atom is -0.508 e. The van der Waals surface area contributed by atoms with Crippen LogP contribution in [0.15, 0.2) is 12.1 Å². The van der Waals surface area contributed by atoms with Crippen molar-refractivity contribution in [3.8, 4) is 5.75 Å². The highest BCUT2D eigenvalue weighted by molar-refractivity contribution is 5.42. The summed E-state index contributed by atoms with van der Waals surface area (Å²) in [5.74, 6) is 1.09. The highest BCUT2D eigenvalue weighted by Gasteiger charge is 2.17. The zero-order valence-corrected chi connectivity index (χ0v) is 11.1. The van der Waals surface area contributed by atoms with Gasteiger partial charge in [-0.05, 0) is 55.4 Å². The Hall–Kier alpha value is -0.980. The monoisotopic (exact) mass is 232 g/mol. The lowest BCUT2D eigenvalue weighted by Crippen LogP contribution is -2.03. The standard InChI is InChI=1S/C16H24O/c1-12-10-15(16(17)11-13(12)2)14-8-6-4-3-5-7-9-14/h10-11,14,17H,3-9H2,1-2H3. The van der Waals surface area contributed by atoms with Crippen molar-refractivity contribution in [2.45, 2.75) is 64.7 Å². The van der Waals surface area contributed by atoms with Gasteiger partial charge in [0.1, 0.15) is 5.75 Å². The Bertz CT molecular complexity index is 373. The molecule has 0 aliphatic heterocycles. The van der Waals surface area contributed by atoms with Gasteiger partial charge in [0, 0.05) is 0 Å². The Morgan fingerprint density at radius 3 is 2.06 bits per heavy atom. The van der Waals surface area contributed by atoms with Gasteiger partial charge in [0.25, 0.3) is 0 Å². The van der Waals surface area contributed by atoms with Gasteiger partial charge in [-0.3, -0.25) is 0 Å². The Labute approximate surface area is 105 Å². The fraction of sp³-hybridized carbons (Fsp3) is 0.625. The second-order valence-electron chi connectivity index (χ2n) is 5.54. The first kappa shape index (κ1) is 12.5. The maximum Gasteiger partial charge on any atom is 0.119 e. The molecule has 1 fully saturated rings. The van der Waals surface area contributed by atoms with E-state index >= 15 is 0 Å². The van der Waals surface area contributed by atoms with Crippen molar-refractivity contribution in [2.75, 3.05) is 0 Å². The van der Waals surface area contributed by atoms with Crippen molar-refractivity contribution < 1.29 is 5.11 Å². The van der Waals surface area contributed by atoms with Gasteiger partial charge in [0.15, 0.2) is 0 Å². The van der Waals surface area contributed by atoms with E-state index in [4.69, 9.17) is 0 Å². The summed E-state index contributed by atoms with van der Waals surface area (Å²) in [6.07, 6.45) is 9.25. The van der Waals surface area contributed by atoms with Crippen LogP contribution in [-0.2, 0) is 0 Å². The molecule has 0 unspecified atom stereocenters. The molecular weight excluding hydrogens is 208 g/mol. The second-order valence-corrected chi connectivity index (χ2v) is 5.54. The molecule has 1 aromatic rings. The summed E-state index contributed by atoms with van der Waals surface area (Å²) in [5, 5.41) is 10.1. The largest absolute Gasteiger partial charge is 0.508 e. The maximum atomic E-state index is 10.1. The summed E-state index contributed by atoms with van der Waals surface area (Å²) in [7, 11) is 0. The van der Waals surface area contributed by atoms with Crippen molar-refractivity contribution in [1.82, 2.24) is 0 Å². The molecule has 1 aliphatic rings. The van der Waals surface area contributed by atoms with Crippen molar-refractivity contribution in [1.29, 1.82) is 0 Å². The van der Waals surface area contributed by atoms with E-state index in [1.54, 1.807) is 0 Å². The fourth-order valence-electron chi connectivity index (χ4n) is 2.92. The average Bonchev–Trinajstić information content (AvgIpc) is 2.24. The van der Waals surface area contributed by atoms with Gasteiger partial charge in [-0.25, -0.2) is 0 Å². The van der Waals surface area contributed by atoms with Crippen LogP contribution in [0.25, 0.3) is 0 Å². The van der Waals surface area contributed by atoms with Gasteiger partial charge in [-0.15, -0.1) is 0 Å². The lowest BCUT2D eigenvalue weighted by atomic mass is 9.84. The van der Waals surface area contributed by atoms with Gasteiger partial charge < -0.3 is 5.11 Å². The number of phenolic OH excluding ortho intramolecular Hbond substituents is 1. The van der Waals surface area contributed by atoms with Gasteiger partial charge in [-0.1, -0.05) is 38.2 Å². The summed E-state index contributed by atoms with van der Waals surface area (Å²) in [4.78, 5) is 0. The van der Waals surface area contributed by atoms with Crippen LogP contribution in [0.5, 0.6) is 5.75 Å². The summed E-state index contributed by atoms with van der Waals surface area (Å²) in [6.45, 7) is 4.21. The van der Waals surface area contributed by atoms with Crippen LogP contribution in [0.3, 0.4) is 0 Å². The molecule has 0 heterocycles. The van der Waals surface area contributed by atoms with Crippen LogP contribution in [0.1, 0.15) is 67.6 Å². The van der Waals surface area contributed by atoms with Crippen LogP contribution >= 0.6 is 0 Å². The predicted octanol–water partition coefficient (Wildman–Crippen LogP) is 4.84. The molecule has 94 valence electrons. The third kappa shape index (κ3) is 3.02. The molecule has 0 bridgehead atoms. The van der Waals surface area contributed by atoms with Crippen molar-refractivity contribution in [3.05, 3.63) is 28.8 Å². The first-order valence-electron chi connectivity index (χ1n) is 6.98. The fourth-order valence-corrected chi connectivity index (χ4v) is 2.92. The molecule has 17 heavy (non-hydrogen) atoms. The molecule has 2 rings (SSSR count). The number of hydrogen-bond donors (Lipinski definition) is 1. The highest BCUT2D eigenvalue weighted by atomic mass is 16.3. The lowest BCUT2D eigenvalue weighted by molar-refractivity contribution is 0.424. The summed E-state index contributed by atoms with van der Waals surface area (Å²) >= 11 is 0. The van der Waals surface area contributed by atoms with Crippen LogP contribution in [0, 0.1) is 13.8 Å².